The fraction of sp³-hybridized carbons (Fsp3) is 0.562. The standard InChI is InChI=1S/C16H16F6N4O4S/c17-15(18,19)8-7-9(23)10-11-25-26-13(30-11)14(27,16(20,21)22)5-3-1-2-4-6-31(28,29)12(8)24-10/h7,27H,1-6,23H2/t14-/m1/s1. The van der Waals surface area contributed by atoms with E-state index >= 15 is 0 Å². The molecule has 3 N–H and O–H groups in total. The van der Waals surface area contributed by atoms with Gasteiger partial charge in [0.1, 0.15) is 0 Å². The van der Waals surface area contributed by atoms with Gasteiger partial charge in [0.05, 0.1) is 17.0 Å². The summed E-state index contributed by atoms with van der Waals surface area (Å²) in [7, 11) is -4.53. The van der Waals surface area contributed by atoms with Crippen molar-refractivity contribution in [3.63, 3.8) is 0 Å². The van der Waals surface area contributed by atoms with Crippen molar-refractivity contribution in [3.8, 4) is 11.6 Å². The molecule has 0 radical (unpaired) electrons. The van der Waals surface area contributed by atoms with Gasteiger partial charge in [-0.1, -0.05) is 12.8 Å². The van der Waals surface area contributed by atoms with Crippen LogP contribution in [0.15, 0.2) is 15.5 Å². The van der Waals surface area contributed by atoms with Crippen molar-refractivity contribution in [3.05, 3.63) is 17.5 Å². The number of aromatic nitrogens is 3. The molecule has 0 aliphatic carbocycles. The van der Waals surface area contributed by atoms with E-state index in [1.165, 1.54) is 0 Å². The van der Waals surface area contributed by atoms with Gasteiger partial charge in [-0.05, 0) is 25.3 Å². The normalized spacial score (nSPS) is 22.7. The first-order valence-electron chi connectivity index (χ1n) is 8.91. The molecule has 0 spiro atoms. The Labute approximate surface area is 171 Å². The van der Waals surface area contributed by atoms with Crippen LogP contribution in [0.5, 0.6) is 0 Å². The Balaban J connectivity index is 2.26. The minimum absolute atomic E-state index is 0.0709. The second-order valence-corrected chi connectivity index (χ2v) is 9.05. The second-order valence-electron chi connectivity index (χ2n) is 7.03. The van der Waals surface area contributed by atoms with Crippen molar-refractivity contribution in [2.24, 2.45) is 0 Å². The number of aliphatic hydroxyl groups is 1. The summed E-state index contributed by atoms with van der Waals surface area (Å²) in [4.78, 5) is 3.44. The first-order valence-corrected chi connectivity index (χ1v) is 10.6. The lowest BCUT2D eigenvalue weighted by atomic mass is 9.95. The van der Waals surface area contributed by atoms with Crippen LogP contribution in [0.2, 0.25) is 0 Å². The lowest BCUT2D eigenvalue weighted by molar-refractivity contribution is -0.277. The molecule has 1 atom stereocenters. The molecule has 0 unspecified atom stereocenters. The summed E-state index contributed by atoms with van der Waals surface area (Å²) in [6.45, 7) is 0. The molecule has 3 rings (SSSR count). The van der Waals surface area contributed by atoms with E-state index in [-0.39, 0.29) is 25.7 Å². The summed E-state index contributed by atoms with van der Waals surface area (Å²) in [6, 6.07) is 0.293. The highest BCUT2D eigenvalue weighted by molar-refractivity contribution is 7.91. The molecular weight excluding hydrogens is 458 g/mol. The predicted molar refractivity (Wildman–Crippen MR) is 92.0 cm³/mol. The maximum atomic E-state index is 13.5. The summed E-state index contributed by atoms with van der Waals surface area (Å²) >= 11 is 0. The molecule has 0 saturated carbocycles. The number of anilines is 1. The first-order chi connectivity index (χ1) is 14.2. The lowest BCUT2D eigenvalue weighted by Gasteiger charge is -2.26. The van der Waals surface area contributed by atoms with Crippen LogP contribution < -0.4 is 5.73 Å². The maximum absolute atomic E-state index is 13.5. The zero-order chi connectivity index (χ0) is 23.2. The summed E-state index contributed by atoms with van der Waals surface area (Å²) in [5.74, 6) is -2.83. The average Bonchev–Trinajstić information content (AvgIpc) is 3.11. The zero-order valence-corrected chi connectivity index (χ0v) is 16.4. The average molecular weight is 474 g/mol. The number of fused-ring (bicyclic) bond motifs is 5. The smallest absolute Gasteiger partial charge is 0.416 e. The molecule has 2 aromatic rings. The topological polar surface area (TPSA) is 132 Å². The Hall–Kier alpha value is -2.42. The van der Waals surface area contributed by atoms with E-state index < -0.39 is 73.7 Å². The minimum atomic E-state index is -5.19. The zero-order valence-electron chi connectivity index (χ0n) is 15.6. The number of nitrogens with two attached hydrogens (primary N) is 1. The molecule has 4 bridgehead atoms. The third-order valence-corrected chi connectivity index (χ3v) is 6.50. The highest BCUT2D eigenvalue weighted by atomic mass is 32.2. The van der Waals surface area contributed by atoms with Crippen LogP contribution in [0.25, 0.3) is 11.6 Å². The van der Waals surface area contributed by atoms with E-state index in [0.717, 1.165) is 0 Å². The van der Waals surface area contributed by atoms with Crippen LogP contribution in [0, 0.1) is 0 Å². The number of halogens is 6. The Bertz CT molecular complexity index is 1080. The van der Waals surface area contributed by atoms with Crippen molar-refractivity contribution >= 4 is 15.5 Å². The third-order valence-electron chi connectivity index (χ3n) is 4.77. The lowest BCUT2D eigenvalue weighted by Crippen LogP contribution is -2.42. The van der Waals surface area contributed by atoms with E-state index in [0.29, 0.717) is 6.07 Å². The van der Waals surface area contributed by atoms with E-state index in [1.54, 1.807) is 0 Å². The minimum Gasteiger partial charge on any atom is -0.416 e. The van der Waals surface area contributed by atoms with Crippen molar-refractivity contribution in [2.45, 2.75) is 55.1 Å². The largest absolute Gasteiger partial charge is 0.426 e. The number of nitrogens with zero attached hydrogens (tertiary/aromatic N) is 3. The summed E-state index contributed by atoms with van der Waals surface area (Å²) in [6.07, 6.45) is -11.3. The van der Waals surface area contributed by atoms with Crippen LogP contribution in [0.4, 0.5) is 32.0 Å². The Morgan fingerprint density at radius 1 is 1.06 bits per heavy atom. The predicted octanol–water partition coefficient (Wildman–Crippen LogP) is 3.22. The third kappa shape index (κ3) is 4.33. The number of hydrogen-bond donors (Lipinski definition) is 2. The van der Waals surface area contributed by atoms with E-state index in [2.05, 4.69) is 15.2 Å². The number of nitrogen functional groups attached to an aromatic ring is 1. The molecule has 1 aliphatic rings. The van der Waals surface area contributed by atoms with Crippen molar-refractivity contribution in [2.75, 3.05) is 11.5 Å². The molecule has 8 nitrogen and oxygen atoms in total. The summed E-state index contributed by atoms with van der Waals surface area (Å²) in [5, 5.41) is 15.4. The van der Waals surface area contributed by atoms with Crippen LogP contribution in [-0.4, -0.2) is 40.6 Å². The van der Waals surface area contributed by atoms with Crippen molar-refractivity contribution in [1.82, 2.24) is 15.2 Å². The fourth-order valence-corrected chi connectivity index (χ4v) is 4.62. The van der Waals surface area contributed by atoms with Gasteiger partial charge in [-0.25, -0.2) is 13.4 Å². The summed E-state index contributed by atoms with van der Waals surface area (Å²) in [5.41, 5.74) is -1.07. The van der Waals surface area contributed by atoms with Crippen molar-refractivity contribution < 1.29 is 44.3 Å². The number of pyridine rings is 1. The van der Waals surface area contributed by atoms with Crippen LogP contribution in [-0.2, 0) is 21.6 Å². The number of sulfone groups is 1. The second kappa shape index (κ2) is 7.62. The van der Waals surface area contributed by atoms with E-state index in [1.807, 2.05) is 0 Å². The Kier molecular flexibility index (Phi) is 5.71. The quantitative estimate of drug-likeness (QED) is 0.557. The molecule has 31 heavy (non-hydrogen) atoms. The van der Waals surface area contributed by atoms with Gasteiger partial charge in [-0.3, -0.25) is 0 Å². The van der Waals surface area contributed by atoms with E-state index in [4.69, 9.17) is 10.2 Å². The van der Waals surface area contributed by atoms with Gasteiger partial charge in [-0.15, -0.1) is 10.2 Å². The van der Waals surface area contributed by atoms with Crippen LogP contribution >= 0.6 is 0 Å². The number of rotatable bonds is 0. The molecular formula is C16H16F6N4O4S. The number of alkyl halides is 6. The molecule has 0 fully saturated rings. The molecule has 1 aliphatic heterocycles. The maximum Gasteiger partial charge on any atom is 0.426 e. The van der Waals surface area contributed by atoms with Crippen LogP contribution in [0.1, 0.15) is 43.6 Å². The van der Waals surface area contributed by atoms with Gasteiger partial charge in [0.2, 0.25) is 5.60 Å². The molecule has 0 saturated heterocycles. The van der Waals surface area contributed by atoms with Gasteiger partial charge in [0.25, 0.3) is 11.8 Å². The summed E-state index contributed by atoms with van der Waals surface area (Å²) < 4.78 is 111. The highest BCUT2D eigenvalue weighted by Crippen LogP contribution is 2.44. The molecule has 172 valence electrons. The van der Waals surface area contributed by atoms with Crippen LogP contribution in [0.3, 0.4) is 0 Å². The number of hydrogen-bond acceptors (Lipinski definition) is 8. The molecule has 2 aromatic heterocycles. The highest BCUT2D eigenvalue weighted by Gasteiger charge is 2.58. The van der Waals surface area contributed by atoms with Crippen molar-refractivity contribution in [1.29, 1.82) is 0 Å². The Morgan fingerprint density at radius 2 is 1.71 bits per heavy atom. The molecule has 15 heteroatoms. The van der Waals surface area contributed by atoms with Gasteiger partial charge in [0, 0.05) is 0 Å². The van der Waals surface area contributed by atoms with E-state index in [9.17, 15) is 39.9 Å². The van der Waals surface area contributed by atoms with Gasteiger partial charge >= 0.3 is 12.4 Å². The van der Waals surface area contributed by atoms with Gasteiger partial charge < -0.3 is 15.3 Å². The van der Waals surface area contributed by atoms with Gasteiger partial charge in [-0.2, -0.15) is 26.3 Å². The molecule has 3 heterocycles. The SMILES string of the molecule is Nc1cc(C(F)(F)F)c2nc1-c1nnc(o1)[C@@](O)(C(F)(F)F)CCCCCCS2(=O)=O. The fourth-order valence-electron chi connectivity index (χ4n) is 3.10. The molecule has 0 aromatic carbocycles. The molecule has 0 amide bonds. The first kappa shape index (κ1) is 23.2. The van der Waals surface area contributed by atoms with Gasteiger partial charge in [0.15, 0.2) is 20.6 Å². The Morgan fingerprint density at radius 3 is 2.32 bits per heavy atom. The monoisotopic (exact) mass is 474 g/mol.